The topological polar surface area (TPSA) is 65.5 Å². The molecule has 1 saturated carbocycles. The average Bonchev–Trinajstić information content (AvgIpc) is 2.85. The summed E-state index contributed by atoms with van der Waals surface area (Å²) in [5.41, 5.74) is 2.67. The van der Waals surface area contributed by atoms with E-state index in [0.29, 0.717) is 31.6 Å². The molecule has 2 amide bonds. The van der Waals surface area contributed by atoms with Crippen molar-refractivity contribution in [3.8, 4) is 0 Å². The average molecular weight is 449 g/mol. The fraction of sp³-hybridized carbons (Fsp3) is 0.519. The number of hydrogen-bond donors (Lipinski definition) is 1. The fourth-order valence-electron chi connectivity index (χ4n) is 5.42. The highest BCUT2D eigenvalue weighted by Gasteiger charge is 2.40. The van der Waals surface area contributed by atoms with Gasteiger partial charge in [0.1, 0.15) is 0 Å². The molecule has 1 spiro atoms. The van der Waals surface area contributed by atoms with Crippen LogP contribution in [-0.4, -0.2) is 58.3 Å². The molecule has 176 valence electrons. The third-order valence-electron chi connectivity index (χ3n) is 7.15. The van der Waals surface area contributed by atoms with Crippen molar-refractivity contribution in [2.24, 2.45) is 0 Å². The van der Waals surface area contributed by atoms with Crippen molar-refractivity contribution < 1.29 is 9.59 Å². The number of aryl methyl sites for hydroxylation is 1. The van der Waals surface area contributed by atoms with Crippen molar-refractivity contribution in [2.75, 3.05) is 26.2 Å². The summed E-state index contributed by atoms with van der Waals surface area (Å²) in [6.45, 7) is 5.31. The normalized spacial score (nSPS) is 20.2. The summed E-state index contributed by atoms with van der Waals surface area (Å²) < 4.78 is 0. The van der Waals surface area contributed by atoms with E-state index >= 15 is 0 Å². The molecule has 0 radical (unpaired) electrons. The third-order valence-corrected chi connectivity index (χ3v) is 7.15. The highest BCUT2D eigenvalue weighted by Crippen LogP contribution is 2.38. The lowest BCUT2D eigenvalue weighted by Crippen LogP contribution is -2.52. The maximum atomic E-state index is 13.2. The molecule has 0 bridgehead atoms. The van der Waals surface area contributed by atoms with Crippen LogP contribution < -0.4 is 5.32 Å². The maximum Gasteiger partial charge on any atom is 0.254 e. The van der Waals surface area contributed by atoms with Crippen LogP contribution in [0.5, 0.6) is 0 Å². The first-order valence-electron chi connectivity index (χ1n) is 12.3. The van der Waals surface area contributed by atoms with Crippen LogP contribution in [-0.2, 0) is 11.3 Å². The van der Waals surface area contributed by atoms with E-state index in [1.54, 1.807) is 12.3 Å². The predicted octanol–water partition coefficient (Wildman–Crippen LogP) is 3.95. The summed E-state index contributed by atoms with van der Waals surface area (Å²) in [5, 5.41) is 3.11. The number of hydrogen-bond acceptors (Lipinski definition) is 4. The minimum Gasteiger partial charge on any atom is -0.354 e. The van der Waals surface area contributed by atoms with Crippen LogP contribution in [0.15, 0.2) is 48.7 Å². The number of benzene rings is 1. The summed E-state index contributed by atoms with van der Waals surface area (Å²) in [6, 6.07) is 14.2. The Bertz CT molecular complexity index is 940. The van der Waals surface area contributed by atoms with Crippen LogP contribution >= 0.6 is 0 Å². The summed E-state index contributed by atoms with van der Waals surface area (Å²) >= 11 is 0. The zero-order chi connectivity index (χ0) is 23.1. The molecule has 1 aromatic carbocycles. The molecular weight excluding hydrogens is 412 g/mol. The highest BCUT2D eigenvalue weighted by molar-refractivity contribution is 5.94. The minimum absolute atomic E-state index is 0.0102. The van der Waals surface area contributed by atoms with Gasteiger partial charge in [0.25, 0.3) is 5.91 Å². The molecule has 1 aliphatic heterocycles. The lowest BCUT2D eigenvalue weighted by molar-refractivity contribution is -0.125. The second-order valence-corrected chi connectivity index (χ2v) is 9.55. The Kier molecular flexibility index (Phi) is 7.76. The second kappa shape index (κ2) is 10.9. The van der Waals surface area contributed by atoms with Crippen molar-refractivity contribution in [2.45, 2.75) is 64.0 Å². The summed E-state index contributed by atoms with van der Waals surface area (Å²) in [5.74, 6) is 0.111. The van der Waals surface area contributed by atoms with Gasteiger partial charge in [-0.3, -0.25) is 19.5 Å². The lowest BCUT2D eigenvalue weighted by atomic mass is 9.77. The van der Waals surface area contributed by atoms with Crippen molar-refractivity contribution in [3.63, 3.8) is 0 Å². The third kappa shape index (κ3) is 5.99. The smallest absolute Gasteiger partial charge is 0.254 e. The molecule has 0 atom stereocenters. The van der Waals surface area contributed by atoms with Gasteiger partial charge in [-0.15, -0.1) is 0 Å². The number of nitrogens with one attached hydrogen (secondary N) is 1. The van der Waals surface area contributed by atoms with E-state index in [4.69, 9.17) is 0 Å². The van der Waals surface area contributed by atoms with Crippen LogP contribution in [0.3, 0.4) is 0 Å². The molecule has 6 heteroatoms. The first-order chi connectivity index (χ1) is 16.1. The van der Waals surface area contributed by atoms with Gasteiger partial charge in [-0.05, 0) is 43.9 Å². The number of carbonyl (C=O) groups is 2. The van der Waals surface area contributed by atoms with Gasteiger partial charge in [0.15, 0.2) is 0 Å². The molecule has 0 unspecified atom stereocenters. The Morgan fingerprint density at radius 3 is 2.58 bits per heavy atom. The van der Waals surface area contributed by atoms with Crippen LogP contribution in [0.1, 0.15) is 66.6 Å². The van der Waals surface area contributed by atoms with E-state index in [1.165, 1.54) is 24.8 Å². The van der Waals surface area contributed by atoms with E-state index < -0.39 is 0 Å². The maximum absolute atomic E-state index is 13.2. The first kappa shape index (κ1) is 23.4. The molecule has 4 rings (SSSR count). The summed E-state index contributed by atoms with van der Waals surface area (Å²) in [4.78, 5) is 34.9. The van der Waals surface area contributed by atoms with Crippen LogP contribution in [0.2, 0.25) is 0 Å². The van der Waals surface area contributed by atoms with Crippen LogP contribution in [0.4, 0.5) is 0 Å². The number of nitrogens with zero attached hydrogens (tertiary/aromatic N) is 3. The van der Waals surface area contributed by atoms with E-state index in [1.807, 2.05) is 24.0 Å². The molecule has 2 fully saturated rings. The van der Waals surface area contributed by atoms with E-state index in [-0.39, 0.29) is 17.4 Å². The molecule has 33 heavy (non-hydrogen) atoms. The Balaban J connectivity index is 1.56. The number of carbonyl (C=O) groups excluding carboxylic acids is 2. The molecule has 1 aliphatic carbocycles. The number of pyridine rings is 1. The van der Waals surface area contributed by atoms with Gasteiger partial charge >= 0.3 is 0 Å². The monoisotopic (exact) mass is 448 g/mol. The van der Waals surface area contributed by atoms with Gasteiger partial charge < -0.3 is 10.2 Å². The van der Waals surface area contributed by atoms with E-state index in [9.17, 15) is 9.59 Å². The number of aromatic nitrogens is 1. The largest absolute Gasteiger partial charge is 0.354 e. The van der Waals surface area contributed by atoms with Crippen molar-refractivity contribution in [3.05, 3.63) is 65.5 Å². The van der Waals surface area contributed by atoms with E-state index in [2.05, 4.69) is 39.5 Å². The molecule has 1 N–H and O–H groups in total. The molecule has 1 saturated heterocycles. The lowest BCUT2D eigenvalue weighted by Gasteiger charge is -2.46. The van der Waals surface area contributed by atoms with Gasteiger partial charge in [0, 0.05) is 62.1 Å². The van der Waals surface area contributed by atoms with Gasteiger partial charge in [-0.1, -0.05) is 49.6 Å². The van der Waals surface area contributed by atoms with Crippen LogP contribution in [0, 0.1) is 6.92 Å². The van der Waals surface area contributed by atoms with Crippen molar-refractivity contribution in [1.82, 2.24) is 20.1 Å². The van der Waals surface area contributed by atoms with Gasteiger partial charge in [-0.2, -0.15) is 0 Å². The molecule has 2 aromatic rings. The standard InChI is InChI=1S/C27H36N4O2/c1-22-19-24(11-14-28-22)26(33)30-16-8-17-31(21-23-9-4-2-5-10-23)27(12-6-3-7-13-27)20-25(32)29-15-18-30/h2,4-5,9-11,14,19H,3,6-8,12-13,15-18,20-21H2,1H3,(H,29,32). The zero-order valence-corrected chi connectivity index (χ0v) is 19.8. The molecule has 6 nitrogen and oxygen atoms in total. The minimum atomic E-state index is -0.0977. The van der Waals surface area contributed by atoms with Gasteiger partial charge in [0.2, 0.25) is 5.91 Å². The SMILES string of the molecule is Cc1cc(C(=O)N2CCCN(Cc3ccccc3)C3(CCCCC3)CC(=O)NCC2)ccn1. The Morgan fingerprint density at radius 1 is 1.03 bits per heavy atom. The zero-order valence-electron chi connectivity index (χ0n) is 19.8. The number of rotatable bonds is 3. The Hall–Kier alpha value is -2.73. The molecular formula is C27H36N4O2. The Labute approximate surface area is 197 Å². The first-order valence-corrected chi connectivity index (χ1v) is 12.3. The van der Waals surface area contributed by atoms with Gasteiger partial charge in [-0.25, -0.2) is 0 Å². The Morgan fingerprint density at radius 2 is 1.82 bits per heavy atom. The molecule has 2 aliphatic rings. The van der Waals surface area contributed by atoms with Gasteiger partial charge in [0.05, 0.1) is 0 Å². The summed E-state index contributed by atoms with van der Waals surface area (Å²) in [7, 11) is 0. The predicted molar refractivity (Wildman–Crippen MR) is 130 cm³/mol. The quantitative estimate of drug-likeness (QED) is 0.772. The molecule has 2 heterocycles. The fourth-order valence-corrected chi connectivity index (χ4v) is 5.42. The van der Waals surface area contributed by atoms with Crippen LogP contribution in [0.25, 0.3) is 0 Å². The highest BCUT2D eigenvalue weighted by atomic mass is 16.2. The summed E-state index contributed by atoms with van der Waals surface area (Å²) in [6.07, 6.45) is 8.82. The molecule has 1 aromatic heterocycles. The number of amides is 2. The van der Waals surface area contributed by atoms with Crippen molar-refractivity contribution in [1.29, 1.82) is 0 Å². The second-order valence-electron chi connectivity index (χ2n) is 9.55. The van der Waals surface area contributed by atoms with E-state index in [0.717, 1.165) is 38.0 Å². The van der Waals surface area contributed by atoms with Crippen molar-refractivity contribution >= 4 is 11.8 Å².